The van der Waals surface area contributed by atoms with Crippen LogP contribution in [-0.4, -0.2) is 32.1 Å². The standard InChI is InChI=1S/C18H23NO/c1-19(2)13-8-14-20-18-12-7-6-11-17(18)15-16-9-4-3-5-10-16/h3-7,9-12H,8,13-15H2,1-2H3. The lowest BCUT2D eigenvalue weighted by molar-refractivity contribution is 0.280. The second-order valence-corrected chi connectivity index (χ2v) is 5.28. The van der Waals surface area contributed by atoms with E-state index in [1.165, 1.54) is 11.1 Å². The molecule has 2 aromatic carbocycles. The summed E-state index contributed by atoms with van der Waals surface area (Å²) in [5.41, 5.74) is 2.57. The SMILES string of the molecule is CN(C)CCCOc1ccccc1Cc1ccccc1. The third kappa shape index (κ3) is 4.71. The minimum Gasteiger partial charge on any atom is -0.493 e. The summed E-state index contributed by atoms with van der Waals surface area (Å²) < 4.78 is 5.93. The second-order valence-electron chi connectivity index (χ2n) is 5.28. The molecule has 2 nitrogen and oxygen atoms in total. The molecule has 0 radical (unpaired) electrons. The Morgan fingerprint density at radius 1 is 0.900 bits per heavy atom. The van der Waals surface area contributed by atoms with Gasteiger partial charge in [0.15, 0.2) is 0 Å². The molecule has 0 unspecified atom stereocenters. The highest BCUT2D eigenvalue weighted by Crippen LogP contribution is 2.21. The molecule has 0 saturated heterocycles. The van der Waals surface area contributed by atoms with Crippen molar-refractivity contribution in [3.05, 3.63) is 65.7 Å². The van der Waals surface area contributed by atoms with Crippen molar-refractivity contribution in [3.63, 3.8) is 0 Å². The molecule has 0 bridgehead atoms. The van der Waals surface area contributed by atoms with Crippen molar-refractivity contribution in [1.82, 2.24) is 4.90 Å². The average Bonchev–Trinajstić information content (AvgIpc) is 2.46. The molecule has 0 aromatic heterocycles. The number of para-hydroxylation sites is 1. The third-order valence-electron chi connectivity index (χ3n) is 3.22. The fourth-order valence-corrected chi connectivity index (χ4v) is 2.17. The Morgan fingerprint density at radius 3 is 2.35 bits per heavy atom. The van der Waals surface area contributed by atoms with Gasteiger partial charge in [-0.1, -0.05) is 48.5 Å². The van der Waals surface area contributed by atoms with E-state index in [2.05, 4.69) is 61.5 Å². The van der Waals surface area contributed by atoms with E-state index in [9.17, 15) is 0 Å². The fraction of sp³-hybridized carbons (Fsp3) is 0.333. The summed E-state index contributed by atoms with van der Waals surface area (Å²) in [4.78, 5) is 2.18. The van der Waals surface area contributed by atoms with E-state index in [0.29, 0.717) is 0 Å². The second kappa shape index (κ2) is 7.71. The van der Waals surface area contributed by atoms with Crippen molar-refractivity contribution >= 4 is 0 Å². The lowest BCUT2D eigenvalue weighted by Crippen LogP contribution is -2.15. The highest BCUT2D eigenvalue weighted by Gasteiger charge is 2.04. The van der Waals surface area contributed by atoms with Crippen molar-refractivity contribution < 1.29 is 4.74 Å². The van der Waals surface area contributed by atoms with Gasteiger partial charge < -0.3 is 9.64 Å². The summed E-state index contributed by atoms with van der Waals surface area (Å²) in [7, 11) is 4.17. The summed E-state index contributed by atoms with van der Waals surface area (Å²) in [5, 5.41) is 0. The van der Waals surface area contributed by atoms with Gasteiger partial charge in [-0.25, -0.2) is 0 Å². The van der Waals surface area contributed by atoms with Crippen molar-refractivity contribution in [2.24, 2.45) is 0 Å². The monoisotopic (exact) mass is 269 g/mol. The normalized spacial score (nSPS) is 10.8. The van der Waals surface area contributed by atoms with Crippen LogP contribution in [0.3, 0.4) is 0 Å². The smallest absolute Gasteiger partial charge is 0.122 e. The average molecular weight is 269 g/mol. The maximum Gasteiger partial charge on any atom is 0.122 e. The number of benzene rings is 2. The van der Waals surface area contributed by atoms with E-state index in [-0.39, 0.29) is 0 Å². The van der Waals surface area contributed by atoms with E-state index in [0.717, 1.165) is 31.7 Å². The molecule has 0 aliphatic heterocycles. The van der Waals surface area contributed by atoms with Crippen LogP contribution in [-0.2, 0) is 6.42 Å². The van der Waals surface area contributed by atoms with Crippen LogP contribution in [0.15, 0.2) is 54.6 Å². The van der Waals surface area contributed by atoms with Crippen LogP contribution < -0.4 is 4.74 Å². The zero-order chi connectivity index (χ0) is 14.2. The molecule has 0 heterocycles. The quantitative estimate of drug-likeness (QED) is 0.712. The third-order valence-corrected chi connectivity index (χ3v) is 3.22. The van der Waals surface area contributed by atoms with Gasteiger partial charge in [0, 0.05) is 13.0 Å². The molecule has 2 heteroatoms. The molecule has 0 amide bonds. The van der Waals surface area contributed by atoms with Crippen LogP contribution >= 0.6 is 0 Å². The number of hydrogen-bond donors (Lipinski definition) is 0. The van der Waals surface area contributed by atoms with Crippen LogP contribution in [0.5, 0.6) is 5.75 Å². The first kappa shape index (κ1) is 14.6. The first-order chi connectivity index (χ1) is 9.75. The molecule has 0 spiro atoms. The lowest BCUT2D eigenvalue weighted by Gasteiger charge is -2.13. The molecule has 2 aromatic rings. The minimum atomic E-state index is 0.768. The number of ether oxygens (including phenoxy) is 1. The zero-order valence-corrected chi connectivity index (χ0v) is 12.4. The van der Waals surface area contributed by atoms with Crippen LogP contribution in [0.1, 0.15) is 17.5 Å². The van der Waals surface area contributed by atoms with E-state index in [1.807, 2.05) is 12.1 Å². The zero-order valence-electron chi connectivity index (χ0n) is 12.4. The van der Waals surface area contributed by atoms with Crippen molar-refractivity contribution in [3.8, 4) is 5.75 Å². The predicted octanol–water partition coefficient (Wildman–Crippen LogP) is 3.61. The van der Waals surface area contributed by atoms with Crippen LogP contribution in [0, 0.1) is 0 Å². The van der Waals surface area contributed by atoms with Gasteiger partial charge in [0.2, 0.25) is 0 Å². The van der Waals surface area contributed by atoms with E-state index in [1.54, 1.807) is 0 Å². The molecule has 0 fully saturated rings. The molecule has 20 heavy (non-hydrogen) atoms. The minimum absolute atomic E-state index is 0.768. The van der Waals surface area contributed by atoms with Crippen molar-refractivity contribution in [2.45, 2.75) is 12.8 Å². The van der Waals surface area contributed by atoms with E-state index in [4.69, 9.17) is 4.74 Å². The maximum absolute atomic E-state index is 5.93. The number of rotatable bonds is 7. The van der Waals surface area contributed by atoms with Crippen LogP contribution in [0.2, 0.25) is 0 Å². The first-order valence-corrected chi connectivity index (χ1v) is 7.15. The summed E-state index contributed by atoms with van der Waals surface area (Å²) in [6.07, 6.45) is 1.97. The molecule has 0 atom stereocenters. The molecule has 0 N–H and O–H groups in total. The predicted molar refractivity (Wildman–Crippen MR) is 84.4 cm³/mol. The molecule has 106 valence electrons. The highest BCUT2D eigenvalue weighted by atomic mass is 16.5. The molecule has 2 rings (SSSR count). The van der Waals surface area contributed by atoms with Gasteiger partial charge >= 0.3 is 0 Å². The topological polar surface area (TPSA) is 12.5 Å². The Hall–Kier alpha value is -1.80. The van der Waals surface area contributed by atoms with E-state index < -0.39 is 0 Å². The highest BCUT2D eigenvalue weighted by molar-refractivity contribution is 5.37. The molecule has 0 saturated carbocycles. The van der Waals surface area contributed by atoms with Gasteiger partial charge in [0.25, 0.3) is 0 Å². The lowest BCUT2D eigenvalue weighted by atomic mass is 10.0. The largest absolute Gasteiger partial charge is 0.493 e. The molecule has 0 aliphatic rings. The van der Waals surface area contributed by atoms with Gasteiger partial charge in [-0.2, -0.15) is 0 Å². The summed E-state index contributed by atoms with van der Waals surface area (Å²) in [5.74, 6) is 1.01. The summed E-state index contributed by atoms with van der Waals surface area (Å²) >= 11 is 0. The summed E-state index contributed by atoms with van der Waals surface area (Å²) in [6, 6.07) is 18.8. The fourth-order valence-electron chi connectivity index (χ4n) is 2.17. The van der Waals surface area contributed by atoms with E-state index >= 15 is 0 Å². The van der Waals surface area contributed by atoms with Gasteiger partial charge in [0.1, 0.15) is 5.75 Å². The Morgan fingerprint density at radius 2 is 1.60 bits per heavy atom. The van der Waals surface area contributed by atoms with Gasteiger partial charge in [0.05, 0.1) is 6.61 Å². The molecular weight excluding hydrogens is 246 g/mol. The Balaban J connectivity index is 1.96. The molecular formula is C18H23NO. The van der Waals surface area contributed by atoms with Crippen LogP contribution in [0.25, 0.3) is 0 Å². The molecule has 0 aliphatic carbocycles. The number of nitrogens with zero attached hydrogens (tertiary/aromatic N) is 1. The maximum atomic E-state index is 5.93. The van der Waals surface area contributed by atoms with Crippen molar-refractivity contribution in [1.29, 1.82) is 0 Å². The van der Waals surface area contributed by atoms with Gasteiger partial charge in [-0.05, 0) is 37.7 Å². The first-order valence-electron chi connectivity index (χ1n) is 7.15. The van der Waals surface area contributed by atoms with Gasteiger partial charge in [-0.3, -0.25) is 0 Å². The Kier molecular flexibility index (Phi) is 5.63. The number of hydrogen-bond acceptors (Lipinski definition) is 2. The van der Waals surface area contributed by atoms with Crippen molar-refractivity contribution in [2.75, 3.05) is 27.2 Å². The van der Waals surface area contributed by atoms with Gasteiger partial charge in [-0.15, -0.1) is 0 Å². The Bertz CT molecular complexity index is 508. The Labute approximate surface area is 122 Å². The van der Waals surface area contributed by atoms with Crippen LogP contribution in [0.4, 0.5) is 0 Å². The summed E-state index contributed by atoms with van der Waals surface area (Å²) in [6.45, 7) is 1.82.